The molecular weight excluding hydrogens is 486 g/mol. The van der Waals surface area contributed by atoms with Crippen LogP contribution in [0.1, 0.15) is 162 Å². The quantitative estimate of drug-likeness (QED) is 0.121. The summed E-state index contributed by atoms with van der Waals surface area (Å²) < 4.78 is 5.21. The van der Waals surface area contributed by atoms with Crippen molar-refractivity contribution in [3.05, 3.63) is 0 Å². The standard InChI is InChI=1S/C30H61NO2.BrH/c1-5-7-8-9-10-11-12-13-14-15-16-17-18-19-20-21-22-23-24-25-26-27-28-29(31(3)4)30(32)33-6-2;/h29H,5-28H2,1-4H3;1H. The fourth-order valence-corrected chi connectivity index (χ4v) is 4.84. The van der Waals surface area contributed by atoms with Crippen molar-refractivity contribution in [2.45, 2.75) is 168 Å². The van der Waals surface area contributed by atoms with Gasteiger partial charge < -0.3 is 26.6 Å². The maximum atomic E-state index is 12.0. The number of hydrogen-bond acceptors (Lipinski definition) is 2. The fraction of sp³-hybridized carbons (Fsp3) is 0.967. The summed E-state index contributed by atoms with van der Waals surface area (Å²) in [7, 11) is 4.11. The van der Waals surface area contributed by atoms with Gasteiger partial charge in [-0.1, -0.05) is 142 Å². The number of likely N-dealkylation sites (N-methyl/N-ethyl adjacent to an activating group) is 1. The lowest BCUT2D eigenvalue weighted by Gasteiger charge is -2.19. The predicted octanol–water partition coefficient (Wildman–Crippen LogP) is 5.06. The summed E-state index contributed by atoms with van der Waals surface area (Å²) in [6.45, 7) is 4.67. The molecule has 0 aliphatic rings. The van der Waals surface area contributed by atoms with Crippen molar-refractivity contribution in [2.75, 3.05) is 20.7 Å². The van der Waals surface area contributed by atoms with Crippen molar-refractivity contribution in [2.24, 2.45) is 0 Å². The van der Waals surface area contributed by atoms with E-state index in [1.54, 1.807) is 0 Å². The third kappa shape index (κ3) is 25.0. The molecular formula is C30H62BrNO2. The summed E-state index contributed by atoms with van der Waals surface area (Å²) >= 11 is 0. The summed E-state index contributed by atoms with van der Waals surface area (Å²) in [5, 5.41) is 0. The van der Waals surface area contributed by atoms with Gasteiger partial charge in [0.2, 0.25) is 0 Å². The zero-order chi connectivity index (χ0) is 24.4. The van der Waals surface area contributed by atoms with Crippen LogP contribution in [0.5, 0.6) is 0 Å². The molecule has 3 nitrogen and oxygen atoms in total. The van der Waals surface area contributed by atoms with Gasteiger partial charge in [-0.25, -0.2) is 4.79 Å². The lowest BCUT2D eigenvalue weighted by atomic mass is 10.0. The van der Waals surface area contributed by atoms with Gasteiger partial charge in [-0.15, -0.1) is 0 Å². The van der Waals surface area contributed by atoms with Crippen LogP contribution >= 0.6 is 0 Å². The van der Waals surface area contributed by atoms with Crippen LogP contribution in [0.15, 0.2) is 0 Å². The molecule has 34 heavy (non-hydrogen) atoms. The van der Waals surface area contributed by atoms with E-state index >= 15 is 0 Å². The SMILES string of the molecule is CCCCCCCCCCCCCCCCCCCCCCCCC(C(=O)OCC)[NH+](C)C.[Br-]. The molecule has 0 radical (unpaired) electrons. The minimum absolute atomic E-state index is 0. The molecule has 0 amide bonds. The Kier molecular flexibility index (Phi) is 30.9. The molecule has 1 atom stereocenters. The van der Waals surface area contributed by atoms with Gasteiger partial charge in [-0.05, 0) is 13.3 Å². The van der Waals surface area contributed by atoms with Crippen LogP contribution in [0.2, 0.25) is 0 Å². The molecule has 0 bridgehead atoms. The topological polar surface area (TPSA) is 30.7 Å². The number of quaternary nitrogens is 1. The van der Waals surface area contributed by atoms with E-state index in [0.717, 1.165) is 12.8 Å². The number of rotatable bonds is 26. The molecule has 4 heteroatoms. The number of carbonyl (C=O) groups is 1. The van der Waals surface area contributed by atoms with Gasteiger partial charge in [0.25, 0.3) is 0 Å². The number of nitrogens with one attached hydrogen (secondary N) is 1. The van der Waals surface area contributed by atoms with E-state index < -0.39 is 0 Å². The molecule has 0 aliphatic heterocycles. The molecule has 0 saturated carbocycles. The van der Waals surface area contributed by atoms with Crippen molar-refractivity contribution in [3.8, 4) is 0 Å². The molecule has 0 fully saturated rings. The first-order valence-corrected chi connectivity index (χ1v) is 15.1. The predicted molar refractivity (Wildman–Crippen MR) is 145 cm³/mol. The third-order valence-electron chi connectivity index (χ3n) is 7.11. The van der Waals surface area contributed by atoms with E-state index in [1.165, 1.54) is 140 Å². The van der Waals surface area contributed by atoms with Gasteiger partial charge in [0.05, 0.1) is 20.7 Å². The van der Waals surface area contributed by atoms with Crippen LogP contribution in [0, 0.1) is 0 Å². The van der Waals surface area contributed by atoms with Crippen LogP contribution in [0.4, 0.5) is 0 Å². The monoisotopic (exact) mass is 547 g/mol. The van der Waals surface area contributed by atoms with E-state index in [0.29, 0.717) is 6.61 Å². The smallest absolute Gasteiger partial charge is 0.364 e. The van der Waals surface area contributed by atoms with Crippen LogP contribution in [-0.4, -0.2) is 32.7 Å². The Morgan fingerprint density at radius 2 is 0.853 bits per heavy atom. The fourth-order valence-electron chi connectivity index (χ4n) is 4.84. The first-order chi connectivity index (χ1) is 16.1. The van der Waals surface area contributed by atoms with E-state index in [4.69, 9.17) is 4.74 Å². The summed E-state index contributed by atoms with van der Waals surface area (Å²) in [5.41, 5.74) is 0. The average Bonchev–Trinajstić information content (AvgIpc) is 2.79. The molecule has 0 aliphatic carbocycles. The molecule has 0 aromatic heterocycles. The number of esters is 1. The highest BCUT2D eigenvalue weighted by Gasteiger charge is 2.24. The summed E-state index contributed by atoms with van der Waals surface area (Å²) in [5.74, 6) is -0.0269. The Morgan fingerprint density at radius 1 is 0.559 bits per heavy atom. The van der Waals surface area contributed by atoms with Crippen LogP contribution in [-0.2, 0) is 9.53 Å². The molecule has 0 heterocycles. The molecule has 0 aromatic carbocycles. The molecule has 1 N–H and O–H groups in total. The van der Waals surface area contributed by atoms with Crippen molar-refractivity contribution < 1.29 is 31.4 Å². The van der Waals surface area contributed by atoms with Crippen molar-refractivity contribution in [1.82, 2.24) is 0 Å². The van der Waals surface area contributed by atoms with E-state index in [2.05, 4.69) is 21.0 Å². The molecule has 0 saturated heterocycles. The third-order valence-corrected chi connectivity index (χ3v) is 7.11. The summed E-state index contributed by atoms with van der Waals surface area (Å²) in [6, 6.07) is 0.00931. The first-order valence-electron chi connectivity index (χ1n) is 15.1. The van der Waals surface area contributed by atoms with E-state index in [-0.39, 0.29) is 29.0 Å². The Balaban J connectivity index is 0. The maximum Gasteiger partial charge on any atom is 0.364 e. The first kappa shape index (κ1) is 36.1. The molecule has 0 rings (SSSR count). The number of carbonyl (C=O) groups excluding carboxylic acids is 1. The summed E-state index contributed by atoms with van der Waals surface area (Å²) in [6.07, 6.45) is 32.0. The largest absolute Gasteiger partial charge is 1.00 e. The molecule has 0 aromatic rings. The highest BCUT2D eigenvalue weighted by atomic mass is 79.9. The van der Waals surface area contributed by atoms with Gasteiger partial charge in [-0.3, -0.25) is 0 Å². The number of halogens is 1. The lowest BCUT2D eigenvalue weighted by Crippen LogP contribution is -3.11. The minimum atomic E-state index is -0.0269. The second kappa shape index (κ2) is 29.1. The van der Waals surface area contributed by atoms with Crippen LogP contribution in [0.25, 0.3) is 0 Å². The minimum Gasteiger partial charge on any atom is -1.00 e. The Labute approximate surface area is 225 Å². The van der Waals surface area contributed by atoms with Crippen molar-refractivity contribution >= 4 is 5.97 Å². The highest BCUT2D eigenvalue weighted by Crippen LogP contribution is 2.15. The van der Waals surface area contributed by atoms with Gasteiger partial charge in [-0.2, -0.15) is 0 Å². The van der Waals surface area contributed by atoms with Gasteiger partial charge >= 0.3 is 5.97 Å². The number of unbranched alkanes of at least 4 members (excludes halogenated alkanes) is 21. The lowest BCUT2D eigenvalue weighted by molar-refractivity contribution is -0.876. The van der Waals surface area contributed by atoms with Crippen LogP contribution in [0.3, 0.4) is 0 Å². The van der Waals surface area contributed by atoms with Gasteiger partial charge in [0.1, 0.15) is 0 Å². The summed E-state index contributed by atoms with van der Waals surface area (Å²) in [4.78, 5) is 13.2. The van der Waals surface area contributed by atoms with Crippen molar-refractivity contribution in [1.29, 1.82) is 0 Å². The van der Waals surface area contributed by atoms with E-state index in [1.807, 2.05) is 6.92 Å². The number of ether oxygens (including phenoxy) is 1. The molecule has 0 spiro atoms. The second-order valence-electron chi connectivity index (χ2n) is 10.6. The normalized spacial score (nSPS) is 12.0. The Hall–Kier alpha value is -0.0900. The molecule has 1 unspecified atom stereocenters. The number of hydrogen-bond donors (Lipinski definition) is 1. The zero-order valence-corrected chi connectivity index (χ0v) is 25.3. The average molecular weight is 549 g/mol. The zero-order valence-electron chi connectivity index (χ0n) is 23.7. The van der Waals surface area contributed by atoms with E-state index in [9.17, 15) is 4.79 Å². The second-order valence-corrected chi connectivity index (χ2v) is 10.6. The van der Waals surface area contributed by atoms with Gasteiger partial charge in [0.15, 0.2) is 6.04 Å². The molecule has 206 valence electrons. The highest BCUT2D eigenvalue weighted by molar-refractivity contribution is 5.74. The van der Waals surface area contributed by atoms with Crippen LogP contribution < -0.4 is 21.9 Å². The van der Waals surface area contributed by atoms with Crippen molar-refractivity contribution in [3.63, 3.8) is 0 Å². The Morgan fingerprint density at radius 3 is 1.12 bits per heavy atom. The van der Waals surface area contributed by atoms with Gasteiger partial charge in [0, 0.05) is 6.42 Å². The Bertz CT molecular complexity index is 403. The maximum absolute atomic E-state index is 12.0.